The molecule has 0 unspecified atom stereocenters. The molecule has 0 saturated heterocycles. The lowest BCUT2D eigenvalue weighted by Crippen LogP contribution is -1.74. The maximum Gasteiger partial charge on any atom is -0.0395 e. The minimum atomic E-state index is 0. The van der Waals surface area contributed by atoms with E-state index in [4.69, 9.17) is 0 Å². The molecule has 0 aliphatic carbocycles. The van der Waals surface area contributed by atoms with E-state index in [0.29, 0.717) is 0 Å². The lowest BCUT2D eigenvalue weighted by molar-refractivity contribution is 1.34. The molecule has 1 aromatic rings. The van der Waals surface area contributed by atoms with Crippen molar-refractivity contribution in [3.63, 3.8) is 0 Å². The summed E-state index contributed by atoms with van der Waals surface area (Å²) >= 11 is 0. The zero-order valence-corrected chi connectivity index (χ0v) is 6.72. The molecular weight excluding hydrogens is 124 g/mol. The SMILES string of the molecule is Cc1ccccc1C.N.N. The second-order valence-electron chi connectivity index (χ2n) is 2.08. The van der Waals surface area contributed by atoms with Crippen LogP contribution < -0.4 is 12.3 Å². The van der Waals surface area contributed by atoms with Gasteiger partial charge in [-0.2, -0.15) is 0 Å². The summed E-state index contributed by atoms with van der Waals surface area (Å²) < 4.78 is 0. The van der Waals surface area contributed by atoms with E-state index in [-0.39, 0.29) is 12.3 Å². The van der Waals surface area contributed by atoms with Gasteiger partial charge in [-0.1, -0.05) is 24.3 Å². The fourth-order valence-corrected chi connectivity index (χ4v) is 0.663. The van der Waals surface area contributed by atoms with Crippen LogP contribution in [0.4, 0.5) is 0 Å². The highest BCUT2D eigenvalue weighted by atomic mass is 14.0. The number of benzene rings is 1. The van der Waals surface area contributed by atoms with Crippen LogP contribution in [0.15, 0.2) is 24.3 Å². The van der Waals surface area contributed by atoms with Crippen molar-refractivity contribution in [2.75, 3.05) is 0 Å². The Morgan fingerprint density at radius 1 is 0.800 bits per heavy atom. The zero-order chi connectivity index (χ0) is 5.98. The van der Waals surface area contributed by atoms with E-state index in [1.54, 1.807) is 0 Å². The van der Waals surface area contributed by atoms with Crippen molar-refractivity contribution in [1.82, 2.24) is 12.3 Å². The van der Waals surface area contributed by atoms with E-state index in [0.717, 1.165) is 0 Å². The van der Waals surface area contributed by atoms with Gasteiger partial charge < -0.3 is 12.3 Å². The molecule has 6 N–H and O–H groups in total. The van der Waals surface area contributed by atoms with Gasteiger partial charge in [0.2, 0.25) is 0 Å². The van der Waals surface area contributed by atoms with E-state index in [1.165, 1.54) is 11.1 Å². The molecule has 0 saturated carbocycles. The minimum absolute atomic E-state index is 0. The van der Waals surface area contributed by atoms with E-state index >= 15 is 0 Å². The molecule has 1 aromatic carbocycles. The van der Waals surface area contributed by atoms with Crippen LogP contribution in [0.2, 0.25) is 0 Å². The third-order valence-electron chi connectivity index (χ3n) is 1.43. The Labute approximate surface area is 62.4 Å². The van der Waals surface area contributed by atoms with Crippen LogP contribution in [-0.4, -0.2) is 0 Å². The Morgan fingerprint density at radius 3 is 1.30 bits per heavy atom. The van der Waals surface area contributed by atoms with E-state index < -0.39 is 0 Å². The van der Waals surface area contributed by atoms with Crippen molar-refractivity contribution in [3.8, 4) is 0 Å². The van der Waals surface area contributed by atoms with Crippen LogP contribution in [0, 0.1) is 13.8 Å². The molecule has 58 valence electrons. The summed E-state index contributed by atoms with van der Waals surface area (Å²) in [7, 11) is 0. The molecule has 2 nitrogen and oxygen atoms in total. The summed E-state index contributed by atoms with van der Waals surface area (Å²) in [5, 5.41) is 0. The van der Waals surface area contributed by atoms with Gasteiger partial charge in [-0.15, -0.1) is 0 Å². The molecule has 0 aromatic heterocycles. The van der Waals surface area contributed by atoms with E-state index in [1.807, 2.05) is 0 Å². The van der Waals surface area contributed by atoms with Crippen LogP contribution >= 0.6 is 0 Å². The van der Waals surface area contributed by atoms with E-state index in [9.17, 15) is 0 Å². The second kappa shape index (κ2) is 4.97. The van der Waals surface area contributed by atoms with E-state index in [2.05, 4.69) is 38.1 Å². The summed E-state index contributed by atoms with van der Waals surface area (Å²) in [4.78, 5) is 0. The molecule has 0 spiro atoms. The third-order valence-corrected chi connectivity index (χ3v) is 1.43. The number of hydrogen-bond donors (Lipinski definition) is 2. The highest BCUT2D eigenvalue weighted by Crippen LogP contribution is 2.02. The van der Waals surface area contributed by atoms with Crippen LogP contribution in [0.25, 0.3) is 0 Å². The van der Waals surface area contributed by atoms with Gasteiger partial charge in [0.1, 0.15) is 0 Å². The standard InChI is InChI=1S/C8H10.2H3N/c1-7-5-3-4-6-8(7)2;;/h3-6H,1-2H3;2*1H3. The molecule has 1 rings (SSSR count). The third kappa shape index (κ3) is 2.62. The van der Waals surface area contributed by atoms with Gasteiger partial charge in [0.25, 0.3) is 0 Å². The largest absolute Gasteiger partial charge is 0.344 e. The number of hydrogen-bond acceptors (Lipinski definition) is 2. The average molecular weight is 140 g/mol. The Morgan fingerprint density at radius 2 is 1.10 bits per heavy atom. The van der Waals surface area contributed by atoms with Crippen molar-refractivity contribution in [1.29, 1.82) is 0 Å². The van der Waals surface area contributed by atoms with Gasteiger partial charge in [-0.25, -0.2) is 0 Å². The van der Waals surface area contributed by atoms with Crippen molar-refractivity contribution in [3.05, 3.63) is 35.4 Å². The Kier molecular flexibility index (Phi) is 5.90. The maximum absolute atomic E-state index is 2.12. The van der Waals surface area contributed by atoms with Crippen molar-refractivity contribution < 1.29 is 0 Å². The molecule has 10 heavy (non-hydrogen) atoms. The van der Waals surface area contributed by atoms with Crippen LogP contribution in [0.3, 0.4) is 0 Å². The van der Waals surface area contributed by atoms with Crippen molar-refractivity contribution >= 4 is 0 Å². The number of rotatable bonds is 0. The molecule has 0 atom stereocenters. The van der Waals surface area contributed by atoms with Crippen LogP contribution in [-0.2, 0) is 0 Å². The van der Waals surface area contributed by atoms with Gasteiger partial charge in [-0.05, 0) is 25.0 Å². The van der Waals surface area contributed by atoms with Crippen LogP contribution in [0.1, 0.15) is 11.1 Å². The summed E-state index contributed by atoms with van der Waals surface area (Å²) in [5.74, 6) is 0. The summed E-state index contributed by atoms with van der Waals surface area (Å²) in [6.45, 7) is 4.24. The highest BCUT2D eigenvalue weighted by molar-refractivity contribution is 5.23. The molecule has 0 fully saturated rings. The monoisotopic (exact) mass is 140 g/mol. The second-order valence-corrected chi connectivity index (χ2v) is 2.08. The first-order chi connectivity index (χ1) is 3.80. The molecule has 0 bridgehead atoms. The Hall–Kier alpha value is -0.860. The first-order valence-corrected chi connectivity index (χ1v) is 2.83. The topological polar surface area (TPSA) is 70.0 Å². The Balaban J connectivity index is 0. The lowest BCUT2D eigenvalue weighted by Gasteiger charge is -1.93. The van der Waals surface area contributed by atoms with Gasteiger partial charge in [-0.3, -0.25) is 0 Å². The fraction of sp³-hybridized carbons (Fsp3) is 0.250. The Bertz CT molecular complexity index is 163. The summed E-state index contributed by atoms with van der Waals surface area (Å²) in [6.07, 6.45) is 0. The fourth-order valence-electron chi connectivity index (χ4n) is 0.663. The van der Waals surface area contributed by atoms with Crippen molar-refractivity contribution in [2.45, 2.75) is 13.8 Å². The molecule has 0 heterocycles. The molecule has 0 amide bonds. The average Bonchev–Trinajstić information content (AvgIpc) is 1.77. The molecule has 0 aliphatic heterocycles. The predicted molar refractivity (Wildman–Crippen MR) is 46.0 cm³/mol. The van der Waals surface area contributed by atoms with Gasteiger partial charge in [0.05, 0.1) is 0 Å². The van der Waals surface area contributed by atoms with Crippen LogP contribution in [0.5, 0.6) is 0 Å². The molecule has 2 heteroatoms. The predicted octanol–water partition coefficient (Wildman–Crippen LogP) is 2.63. The first kappa shape index (κ1) is 11.9. The molecular formula is C8H16N2. The van der Waals surface area contributed by atoms with Gasteiger partial charge in [0, 0.05) is 0 Å². The van der Waals surface area contributed by atoms with Gasteiger partial charge >= 0.3 is 0 Å². The quantitative estimate of drug-likeness (QED) is 0.581. The smallest absolute Gasteiger partial charge is 0.0395 e. The minimum Gasteiger partial charge on any atom is -0.344 e. The molecule has 0 radical (unpaired) electrons. The molecule has 0 aliphatic rings. The lowest BCUT2D eigenvalue weighted by atomic mass is 10.1. The number of aryl methyl sites for hydroxylation is 2. The normalized spacial score (nSPS) is 7.40. The summed E-state index contributed by atoms with van der Waals surface area (Å²) in [5.41, 5.74) is 2.74. The van der Waals surface area contributed by atoms with Crippen molar-refractivity contribution in [2.24, 2.45) is 0 Å². The first-order valence-electron chi connectivity index (χ1n) is 2.83. The maximum atomic E-state index is 2.12. The van der Waals surface area contributed by atoms with Gasteiger partial charge in [0.15, 0.2) is 0 Å². The highest BCUT2D eigenvalue weighted by Gasteiger charge is 1.83. The summed E-state index contributed by atoms with van der Waals surface area (Å²) in [6, 6.07) is 8.36. The zero-order valence-electron chi connectivity index (χ0n) is 6.72.